The van der Waals surface area contributed by atoms with Crippen LogP contribution in [0.3, 0.4) is 0 Å². The van der Waals surface area contributed by atoms with E-state index in [2.05, 4.69) is 22.3 Å². The number of thiazole rings is 1. The van der Waals surface area contributed by atoms with E-state index in [0.717, 1.165) is 50.6 Å². The average Bonchev–Trinajstić information content (AvgIpc) is 3.48. The highest BCUT2D eigenvalue weighted by Gasteiger charge is 2.20. The number of nitrogens with one attached hydrogen (secondary N) is 1. The maximum Gasteiger partial charge on any atom is 0.312 e. The first-order valence-corrected chi connectivity index (χ1v) is 12.5. The highest BCUT2D eigenvalue weighted by atomic mass is 32.1. The van der Waals surface area contributed by atoms with Crippen LogP contribution in [0, 0.1) is 6.92 Å². The van der Waals surface area contributed by atoms with Gasteiger partial charge in [0.1, 0.15) is 10.8 Å². The number of carboxylic acids is 1. The van der Waals surface area contributed by atoms with E-state index >= 15 is 0 Å². The van der Waals surface area contributed by atoms with Crippen LogP contribution in [0.5, 0.6) is 17.2 Å². The quantitative estimate of drug-likeness (QED) is 0.241. The number of H-pyrrole nitrogens is 1. The molecular formula is C27H30N2O5S. The van der Waals surface area contributed by atoms with Gasteiger partial charge >= 0.3 is 5.97 Å². The van der Waals surface area contributed by atoms with Crippen molar-refractivity contribution in [3.05, 3.63) is 58.7 Å². The molecule has 184 valence electrons. The van der Waals surface area contributed by atoms with Gasteiger partial charge in [0.25, 0.3) is 0 Å². The molecule has 0 aliphatic heterocycles. The molecule has 4 aromatic rings. The van der Waals surface area contributed by atoms with Gasteiger partial charge in [-0.2, -0.15) is 0 Å². The largest absolute Gasteiger partial charge is 0.493 e. The summed E-state index contributed by atoms with van der Waals surface area (Å²) in [5.74, 6) is 0.664. The summed E-state index contributed by atoms with van der Waals surface area (Å²) in [5, 5.41) is 13.4. The highest BCUT2D eigenvalue weighted by molar-refractivity contribution is 7.13. The summed E-state index contributed by atoms with van der Waals surface area (Å²) in [6, 6.07) is 11.6. The molecule has 1 atom stereocenters. The summed E-state index contributed by atoms with van der Waals surface area (Å²) < 4.78 is 17.4. The molecule has 0 spiro atoms. The molecule has 8 heteroatoms. The summed E-state index contributed by atoms with van der Waals surface area (Å²) in [7, 11) is 1.64. The Morgan fingerprint density at radius 3 is 2.66 bits per heavy atom. The number of hydrogen-bond acceptors (Lipinski definition) is 6. The number of carbonyl (C=O) groups is 1. The molecule has 7 nitrogen and oxygen atoms in total. The molecule has 0 saturated heterocycles. The van der Waals surface area contributed by atoms with Crippen LogP contribution in [0.1, 0.15) is 43.1 Å². The topological polar surface area (TPSA) is 93.7 Å². The van der Waals surface area contributed by atoms with Crippen molar-refractivity contribution in [3.8, 4) is 27.8 Å². The Hall–Kier alpha value is -3.52. The van der Waals surface area contributed by atoms with Crippen LogP contribution in [0.2, 0.25) is 0 Å². The summed E-state index contributed by atoms with van der Waals surface area (Å²) in [4.78, 5) is 19.2. The number of methoxy groups -OCH3 is 1. The maximum atomic E-state index is 11.4. The normalized spacial score (nSPS) is 12.0. The summed E-state index contributed by atoms with van der Waals surface area (Å²) in [6.07, 6.45) is 1.61. The van der Waals surface area contributed by atoms with E-state index < -0.39 is 11.9 Å². The van der Waals surface area contributed by atoms with Crippen LogP contribution in [0.4, 0.5) is 0 Å². The van der Waals surface area contributed by atoms with Crippen LogP contribution < -0.4 is 14.2 Å². The lowest BCUT2D eigenvalue weighted by atomic mass is 10.0. The lowest BCUT2D eigenvalue weighted by molar-refractivity contribution is -0.138. The zero-order chi connectivity index (χ0) is 24.9. The van der Waals surface area contributed by atoms with E-state index in [1.54, 1.807) is 25.4 Å². The summed E-state index contributed by atoms with van der Waals surface area (Å²) >= 11 is 1.63. The Morgan fingerprint density at radius 2 is 1.94 bits per heavy atom. The van der Waals surface area contributed by atoms with Gasteiger partial charge in [0.2, 0.25) is 0 Å². The number of aryl methyl sites for hydroxylation is 2. The lowest BCUT2D eigenvalue weighted by Gasteiger charge is -2.12. The third kappa shape index (κ3) is 5.43. The first kappa shape index (κ1) is 24.6. The van der Waals surface area contributed by atoms with Crippen molar-refractivity contribution in [2.24, 2.45) is 0 Å². The van der Waals surface area contributed by atoms with Gasteiger partial charge in [-0.3, -0.25) is 4.79 Å². The van der Waals surface area contributed by atoms with Crippen molar-refractivity contribution in [1.29, 1.82) is 0 Å². The van der Waals surface area contributed by atoms with Crippen LogP contribution in [-0.2, 0) is 11.2 Å². The molecule has 0 amide bonds. The van der Waals surface area contributed by atoms with E-state index in [1.807, 2.05) is 43.3 Å². The van der Waals surface area contributed by atoms with E-state index in [0.29, 0.717) is 31.1 Å². The van der Waals surface area contributed by atoms with Crippen LogP contribution >= 0.6 is 11.3 Å². The molecule has 0 radical (unpaired) electrons. The second-order valence-electron chi connectivity index (χ2n) is 8.34. The van der Waals surface area contributed by atoms with Gasteiger partial charge in [0.05, 0.1) is 31.9 Å². The van der Waals surface area contributed by atoms with Crippen molar-refractivity contribution < 1.29 is 24.1 Å². The van der Waals surface area contributed by atoms with Crippen molar-refractivity contribution in [2.75, 3.05) is 20.3 Å². The predicted octanol–water partition coefficient (Wildman–Crippen LogP) is 6.21. The molecule has 2 aromatic heterocycles. The molecule has 2 heterocycles. The molecule has 0 saturated carbocycles. The fourth-order valence-corrected chi connectivity index (χ4v) is 4.83. The number of aliphatic carboxylic acids is 1. The minimum atomic E-state index is -0.851. The van der Waals surface area contributed by atoms with Gasteiger partial charge in [-0.25, -0.2) is 4.98 Å². The predicted molar refractivity (Wildman–Crippen MR) is 138 cm³/mol. The zero-order valence-corrected chi connectivity index (χ0v) is 21.2. The van der Waals surface area contributed by atoms with Gasteiger partial charge in [-0.15, -0.1) is 11.3 Å². The second-order valence-corrected chi connectivity index (χ2v) is 9.20. The van der Waals surface area contributed by atoms with Crippen LogP contribution in [0.25, 0.3) is 21.5 Å². The SMILES string of the molecule is CCc1csc(-c2ccc(OCCCOc3ccc4[nH]c(C(C)C(=O)O)c(C)c4c3)c(OC)c2)n1. The number of benzene rings is 2. The van der Waals surface area contributed by atoms with Crippen molar-refractivity contribution in [1.82, 2.24) is 9.97 Å². The molecule has 0 aliphatic carbocycles. The van der Waals surface area contributed by atoms with Gasteiger partial charge < -0.3 is 24.3 Å². The molecule has 2 aromatic carbocycles. The van der Waals surface area contributed by atoms with Gasteiger partial charge in [-0.1, -0.05) is 6.92 Å². The molecule has 4 rings (SSSR count). The van der Waals surface area contributed by atoms with Crippen LogP contribution in [-0.4, -0.2) is 41.4 Å². The Kier molecular flexibility index (Phi) is 7.60. The fourth-order valence-electron chi connectivity index (χ4n) is 3.93. The van der Waals surface area contributed by atoms with Gasteiger partial charge in [0, 0.05) is 34.0 Å². The fraction of sp³-hybridized carbons (Fsp3) is 0.333. The number of fused-ring (bicyclic) bond motifs is 1. The van der Waals surface area contributed by atoms with E-state index in [9.17, 15) is 9.90 Å². The highest BCUT2D eigenvalue weighted by Crippen LogP contribution is 2.34. The van der Waals surface area contributed by atoms with Crippen LogP contribution in [0.15, 0.2) is 41.8 Å². The lowest BCUT2D eigenvalue weighted by Crippen LogP contribution is -2.08. The maximum absolute atomic E-state index is 11.4. The standard InChI is InChI=1S/C27H30N2O5S/c1-5-19-15-35-26(28-19)18-7-10-23(24(13-18)32-4)34-12-6-11-33-20-8-9-22-21(14-20)16(2)25(29-22)17(3)27(30)31/h7-10,13-15,17,29H,5-6,11-12H2,1-4H3,(H,30,31). The van der Waals surface area contributed by atoms with Gasteiger partial charge in [0.15, 0.2) is 11.5 Å². The Morgan fingerprint density at radius 1 is 1.14 bits per heavy atom. The average molecular weight is 495 g/mol. The molecular weight excluding hydrogens is 464 g/mol. The molecule has 35 heavy (non-hydrogen) atoms. The summed E-state index contributed by atoms with van der Waals surface area (Å²) in [6.45, 7) is 6.69. The van der Waals surface area contributed by atoms with Gasteiger partial charge in [-0.05, 0) is 62.2 Å². The Bertz CT molecular complexity index is 1330. The third-order valence-electron chi connectivity index (χ3n) is 6.01. The van der Waals surface area contributed by atoms with E-state index in [1.165, 1.54) is 0 Å². The van der Waals surface area contributed by atoms with E-state index in [4.69, 9.17) is 14.2 Å². The molecule has 0 aliphatic rings. The number of rotatable bonds is 11. The summed E-state index contributed by atoms with van der Waals surface area (Å²) in [5.41, 5.74) is 4.66. The number of aromatic nitrogens is 2. The smallest absolute Gasteiger partial charge is 0.312 e. The number of aromatic amines is 1. The minimum Gasteiger partial charge on any atom is -0.493 e. The van der Waals surface area contributed by atoms with Crippen molar-refractivity contribution in [3.63, 3.8) is 0 Å². The zero-order valence-electron chi connectivity index (χ0n) is 20.4. The number of nitrogens with zero attached hydrogens (tertiary/aromatic N) is 1. The molecule has 2 N–H and O–H groups in total. The number of carboxylic acid groups (broad SMARTS) is 1. The number of hydrogen-bond donors (Lipinski definition) is 2. The monoisotopic (exact) mass is 494 g/mol. The van der Waals surface area contributed by atoms with Crippen molar-refractivity contribution >= 4 is 28.2 Å². The third-order valence-corrected chi connectivity index (χ3v) is 6.95. The molecule has 0 fully saturated rings. The second kappa shape index (κ2) is 10.8. The first-order chi connectivity index (χ1) is 16.9. The molecule has 1 unspecified atom stereocenters. The Labute approximate surface area is 208 Å². The first-order valence-electron chi connectivity index (χ1n) is 11.6. The molecule has 0 bridgehead atoms. The van der Waals surface area contributed by atoms with Crippen molar-refractivity contribution in [2.45, 2.75) is 39.5 Å². The number of ether oxygens (including phenoxy) is 3. The van der Waals surface area contributed by atoms with E-state index in [-0.39, 0.29) is 0 Å². The Balaban J connectivity index is 1.33. The minimum absolute atomic E-state index is 0.485.